The summed E-state index contributed by atoms with van der Waals surface area (Å²) in [6, 6.07) is 7.14. The molecule has 1 atom stereocenters. The third kappa shape index (κ3) is 2.63. The quantitative estimate of drug-likeness (QED) is 0.845. The minimum Gasteiger partial charge on any atom is -0.496 e. The summed E-state index contributed by atoms with van der Waals surface area (Å²) in [6.07, 6.45) is 2.53. The van der Waals surface area contributed by atoms with E-state index in [2.05, 4.69) is 44.3 Å². The Hall–Kier alpha value is -1.02. The van der Waals surface area contributed by atoms with E-state index in [0.717, 1.165) is 12.3 Å². The molecule has 1 aliphatic rings. The Balaban J connectivity index is 2.37. The van der Waals surface area contributed by atoms with Crippen LogP contribution in [0.15, 0.2) is 18.2 Å². The van der Waals surface area contributed by atoms with Gasteiger partial charge in [0, 0.05) is 6.04 Å². The third-order valence-electron chi connectivity index (χ3n) is 3.49. The second-order valence-electron chi connectivity index (χ2n) is 5.86. The van der Waals surface area contributed by atoms with Crippen molar-refractivity contribution in [3.8, 4) is 5.75 Å². The van der Waals surface area contributed by atoms with Crippen LogP contribution in [-0.2, 0) is 5.41 Å². The Kier molecular flexibility index (Phi) is 3.43. The first kappa shape index (κ1) is 12.4. The predicted octanol–water partition coefficient (Wildman–Crippen LogP) is 3.42. The van der Waals surface area contributed by atoms with Gasteiger partial charge in [-0.3, -0.25) is 0 Å². The lowest BCUT2D eigenvalue weighted by atomic mass is 9.84. The van der Waals surface area contributed by atoms with Crippen LogP contribution >= 0.6 is 0 Å². The fourth-order valence-electron chi connectivity index (χ4n) is 2.50. The molecule has 1 fully saturated rings. The first-order valence-electron chi connectivity index (χ1n) is 6.44. The molecule has 0 bridgehead atoms. The Bertz CT molecular complexity index is 386. The minimum atomic E-state index is 0.125. The fourth-order valence-corrected chi connectivity index (χ4v) is 2.50. The highest BCUT2D eigenvalue weighted by atomic mass is 16.5. The Morgan fingerprint density at radius 3 is 2.59 bits per heavy atom. The lowest BCUT2D eigenvalue weighted by Crippen LogP contribution is -2.16. The number of methoxy groups -OCH3 is 1. The molecule has 2 rings (SSSR count). The van der Waals surface area contributed by atoms with E-state index in [1.54, 1.807) is 7.11 Å². The molecule has 1 aromatic rings. The molecule has 1 aromatic carbocycles. The van der Waals surface area contributed by atoms with Gasteiger partial charge in [-0.2, -0.15) is 0 Å². The zero-order valence-electron chi connectivity index (χ0n) is 11.3. The summed E-state index contributed by atoms with van der Waals surface area (Å²) in [7, 11) is 1.75. The smallest absolute Gasteiger partial charge is 0.122 e. The van der Waals surface area contributed by atoms with E-state index in [0.29, 0.717) is 6.04 Å². The van der Waals surface area contributed by atoms with Crippen LogP contribution in [0.1, 0.15) is 50.8 Å². The van der Waals surface area contributed by atoms with Crippen LogP contribution in [0.2, 0.25) is 0 Å². The first-order valence-corrected chi connectivity index (χ1v) is 6.44. The molecule has 1 aliphatic heterocycles. The maximum atomic E-state index is 5.47. The maximum Gasteiger partial charge on any atom is 0.122 e. The third-order valence-corrected chi connectivity index (χ3v) is 3.49. The van der Waals surface area contributed by atoms with Crippen LogP contribution in [0.3, 0.4) is 0 Å². The number of nitrogens with one attached hydrogen (secondary N) is 1. The van der Waals surface area contributed by atoms with Gasteiger partial charge in [0.1, 0.15) is 5.75 Å². The second kappa shape index (κ2) is 4.69. The van der Waals surface area contributed by atoms with Gasteiger partial charge in [0.05, 0.1) is 7.11 Å². The number of benzene rings is 1. The second-order valence-corrected chi connectivity index (χ2v) is 5.86. The molecule has 2 heteroatoms. The molecule has 0 aromatic heterocycles. The van der Waals surface area contributed by atoms with E-state index < -0.39 is 0 Å². The van der Waals surface area contributed by atoms with Gasteiger partial charge in [0.25, 0.3) is 0 Å². The van der Waals surface area contributed by atoms with Crippen molar-refractivity contribution < 1.29 is 4.74 Å². The van der Waals surface area contributed by atoms with Gasteiger partial charge in [-0.25, -0.2) is 0 Å². The molecule has 0 spiro atoms. The van der Waals surface area contributed by atoms with Crippen LogP contribution in [0.25, 0.3) is 0 Å². The molecule has 0 radical (unpaired) electrons. The van der Waals surface area contributed by atoms with Crippen LogP contribution in [0.4, 0.5) is 0 Å². The van der Waals surface area contributed by atoms with Gasteiger partial charge >= 0.3 is 0 Å². The summed E-state index contributed by atoms with van der Waals surface area (Å²) in [5.74, 6) is 0.999. The number of hydrogen-bond donors (Lipinski definition) is 1. The summed E-state index contributed by atoms with van der Waals surface area (Å²) in [4.78, 5) is 0. The molecule has 1 saturated heterocycles. The normalized spacial score (nSPS) is 20.6. The summed E-state index contributed by atoms with van der Waals surface area (Å²) in [5, 5.41) is 3.55. The lowest BCUT2D eigenvalue weighted by Gasteiger charge is -2.24. The van der Waals surface area contributed by atoms with Crippen LogP contribution in [0.5, 0.6) is 5.75 Å². The minimum absolute atomic E-state index is 0.125. The zero-order valence-corrected chi connectivity index (χ0v) is 11.3. The Labute approximate surface area is 104 Å². The van der Waals surface area contributed by atoms with Crippen molar-refractivity contribution in [1.82, 2.24) is 5.32 Å². The largest absolute Gasteiger partial charge is 0.496 e. The molecule has 0 saturated carbocycles. The van der Waals surface area contributed by atoms with E-state index in [9.17, 15) is 0 Å². The zero-order chi connectivity index (χ0) is 12.5. The molecular weight excluding hydrogens is 210 g/mol. The fraction of sp³-hybridized carbons (Fsp3) is 0.600. The molecule has 17 heavy (non-hydrogen) atoms. The highest BCUT2D eigenvalue weighted by Gasteiger charge is 2.22. The average molecular weight is 233 g/mol. The van der Waals surface area contributed by atoms with Gasteiger partial charge < -0.3 is 10.1 Å². The monoisotopic (exact) mass is 233 g/mol. The molecule has 0 amide bonds. The molecule has 0 aliphatic carbocycles. The van der Waals surface area contributed by atoms with Crippen molar-refractivity contribution >= 4 is 0 Å². The van der Waals surface area contributed by atoms with Gasteiger partial charge in [0.2, 0.25) is 0 Å². The van der Waals surface area contributed by atoms with Crippen LogP contribution < -0.4 is 10.1 Å². The number of hydrogen-bond acceptors (Lipinski definition) is 2. The average Bonchev–Trinajstić information content (AvgIpc) is 2.80. The standard InChI is InChI=1S/C15H23NO/c1-15(2,3)12-10-11(7-8-14(12)17-4)13-6-5-9-16-13/h7-8,10,13,16H,5-6,9H2,1-4H3. The highest BCUT2D eigenvalue weighted by molar-refractivity contribution is 5.42. The van der Waals surface area contributed by atoms with Crippen molar-refractivity contribution in [3.63, 3.8) is 0 Å². The number of ether oxygens (including phenoxy) is 1. The van der Waals surface area contributed by atoms with Gasteiger partial charge in [-0.15, -0.1) is 0 Å². The first-order chi connectivity index (χ1) is 8.02. The molecular formula is C15H23NO. The van der Waals surface area contributed by atoms with E-state index >= 15 is 0 Å². The van der Waals surface area contributed by atoms with Crippen molar-refractivity contribution in [3.05, 3.63) is 29.3 Å². The number of rotatable bonds is 2. The molecule has 2 nitrogen and oxygen atoms in total. The van der Waals surface area contributed by atoms with Gasteiger partial charge in [-0.1, -0.05) is 32.9 Å². The van der Waals surface area contributed by atoms with Crippen LogP contribution in [0, 0.1) is 0 Å². The van der Waals surface area contributed by atoms with Crippen molar-refractivity contribution in [2.45, 2.75) is 45.1 Å². The lowest BCUT2D eigenvalue weighted by molar-refractivity contribution is 0.397. The van der Waals surface area contributed by atoms with Crippen molar-refractivity contribution in [2.75, 3.05) is 13.7 Å². The van der Waals surface area contributed by atoms with E-state index in [1.807, 2.05) is 0 Å². The van der Waals surface area contributed by atoms with E-state index in [4.69, 9.17) is 4.74 Å². The molecule has 1 heterocycles. The summed E-state index contributed by atoms with van der Waals surface area (Å²) in [6.45, 7) is 7.84. The molecule has 1 unspecified atom stereocenters. The summed E-state index contributed by atoms with van der Waals surface area (Å²) < 4.78 is 5.47. The topological polar surface area (TPSA) is 21.3 Å². The van der Waals surface area contributed by atoms with Gasteiger partial charge in [0.15, 0.2) is 0 Å². The van der Waals surface area contributed by atoms with E-state index in [1.165, 1.54) is 24.0 Å². The van der Waals surface area contributed by atoms with Crippen LogP contribution in [-0.4, -0.2) is 13.7 Å². The maximum absolute atomic E-state index is 5.47. The van der Waals surface area contributed by atoms with Gasteiger partial charge in [-0.05, 0) is 42.0 Å². The Morgan fingerprint density at radius 2 is 2.06 bits per heavy atom. The van der Waals surface area contributed by atoms with Crippen molar-refractivity contribution in [1.29, 1.82) is 0 Å². The molecule has 1 N–H and O–H groups in total. The van der Waals surface area contributed by atoms with E-state index in [-0.39, 0.29) is 5.41 Å². The molecule has 94 valence electrons. The summed E-state index contributed by atoms with van der Waals surface area (Å²) >= 11 is 0. The predicted molar refractivity (Wildman–Crippen MR) is 71.7 cm³/mol. The summed E-state index contributed by atoms with van der Waals surface area (Å²) in [5.41, 5.74) is 2.82. The SMILES string of the molecule is COc1ccc(C2CCCN2)cc1C(C)(C)C. The highest BCUT2D eigenvalue weighted by Crippen LogP contribution is 2.34. The van der Waals surface area contributed by atoms with Crippen molar-refractivity contribution in [2.24, 2.45) is 0 Å². The Morgan fingerprint density at radius 1 is 1.29 bits per heavy atom.